The molecule has 1 saturated heterocycles. The normalized spacial score (nSPS) is 15.5. The summed E-state index contributed by atoms with van der Waals surface area (Å²) in [6, 6.07) is 3.93. The van der Waals surface area contributed by atoms with Crippen molar-refractivity contribution in [3.8, 4) is 28.4 Å². The Morgan fingerprint density at radius 2 is 1.90 bits per heavy atom. The Morgan fingerprint density at radius 1 is 1.18 bits per heavy atom. The van der Waals surface area contributed by atoms with Crippen molar-refractivity contribution in [2.24, 2.45) is 0 Å². The van der Waals surface area contributed by atoms with Crippen molar-refractivity contribution in [1.29, 1.82) is 0 Å². The first-order valence-electron chi connectivity index (χ1n) is 14.4. The van der Waals surface area contributed by atoms with E-state index in [-0.39, 0.29) is 27.6 Å². The van der Waals surface area contributed by atoms with Gasteiger partial charge < -0.3 is 29.4 Å². The summed E-state index contributed by atoms with van der Waals surface area (Å²) in [4.78, 5) is 25.7. The van der Waals surface area contributed by atoms with Crippen LogP contribution in [-0.2, 0) is 20.0 Å². The van der Waals surface area contributed by atoms with Crippen LogP contribution < -0.4 is 14.8 Å². The average molecular weight is 764 g/mol. The van der Waals surface area contributed by atoms with Crippen LogP contribution in [0, 0.1) is 15.9 Å². The van der Waals surface area contributed by atoms with Crippen LogP contribution in [0.5, 0.6) is 17.2 Å². The summed E-state index contributed by atoms with van der Waals surface area (Å²) in [6.45, 7) is 5.42. The number of rotatable bonds is 9. The predicted molar refractivity (Wildman–Crippen MR) is 169 cm³/mol. The second kappa shape index (κ2) is 13.6. The van der Waals surface area contributed by atoms with Gasteiger partial charge in [-0.2, -0.15) is 4.68 Å². The number of hydrogen-bond acceptors (Lipinski definition) is 11. The highest BCUT2D eigenvalue weighted by atomic mass is 35.5. The number of nitro groups is 1. The Balaban J connectivity index is 1.57. The molecule has 50 heavy (non-hydrogen) atoms. The van der Waals surface area contributed by atoms with Crippen molar-refractivity contribution in [2.45, 2.75) is 67.3 Å². The molecule has 0 radical (unpaired) electrons. The standard InChI is InChI=1S/C29H26ClF4N5O9S2/c1-28(2,3)23-24(35-26(40)41)36-27(49-23)50(44,45)21-11-17(30)20(12-18(21)31)47-19-8-7-14(48-29(32,33)34)10-15(19)16-13-38(37-25(16)39(42)43)22-6-4-5-9-46-22/h7-8,10-13,22,35H,4-6,9H2,1-3H3,(H,40,41). The molecule has 14 nitrogen and oxygen atoms in total. The Morgan fingerprint density at radius 3 is 2.50 bits per heavy atom. The van der Waals surface area contributed by atoms with E-state index in [1.807, 2.05) is 5.32 Å². The van der Waals surface area contributed by atoms with Crippen LogP contribution in [-0.4, -0.2) is 52.3 Å². The number of sulfone groups is 1. The number of anilines is 1. The second-order valence-corrected chi connectivity index (χ2v) is 15.3. The molecule has 268 valence electrons. The van der Waals surface area contributed by atoms with Crippen LogP contribution in [0.3, 0.4) is 0 Å². The van der Waals surface area contributed by atoms with E-state index in [1.165, 1.54) is 10.9 Å². The van der Waals surface area contributed by atoms with Gasteiger partial charge in [-0.05, 0) is 48.5 Å². The average Bonchev–Trinajstić information content (AvgIpc) is 3.65. The van der Waals surface area contributed by atoms with Gasteiger partial charge in [0.15, 0.2) is 12.0 Å². The van der Waals surface area contributed by atoms with Crippen LogP contribution in [0.4, 0.5) is 34.0 Å². The second-order valence-electron chi connectivity index (χ2n) is 11.8. The van der Waals surface area contributed by atoms with Gasteiger partial charge >= 0.3 is 18.3 Å². The molecule has 1 aliphatic rings. The summed E-state index contributed by atoms with van der Waals surface area (Å²) < 4.78 is 98.0. The van der Waals surface area contributed by atoms with Gasteiger partial charge in [0.1, 0.15) is 33.5 Å². The zero-order chi connectivity index (χ0) is 36.8. The van der Waals surface area contributed by atoms with E-state index >= 15 is 4.39 Å². The number of halogens is 5. The molecule has 2 aromatic heterocycles. The molecule has 0 saturated carbocycles. The van der Waals surface area contributed by atoms with Crippen LogP contribution in [0.1, 0.15) is 51.1 Å². The fraction of sp³-hybridized carbons (Fsp3) is 0.345. The molecule has 21 heteroatoms. The number of amides is 1. The fourth-order valence-corrected chi connectivity index (χ4v) is 7.93. The van der Waals surface area contributed by atoms with Gasteiger partial charge in [-0.1, -0.05) is 32.4 Å². The third-order valence-electron chi connectivity index (χ3n) is 7.05. The number of carboxylic acid groups (broad SMARTS) is 1. The van der Waals surface area contributed by atoms with Crippen molar-refractivity contribution < 1.29 is 55.0 Å². The molecule has 2 aromatic carbocycles. The highest BCUT2D eigenvalue weighted by Crippen LogP contribution is 2.45. The predicted octanol–water partition coefficient (Wildman–Crippen LogP) is 8.32. The minimum atomic E-state index is -5.13. The number of benzene rings is 2. The molecule has 4 aromatic rings. The smallest absolute Gasteiger partial charge is 0.465 e. The van der Waals surface area contributed by atoms with Gasteiger partial charge in [0.2, 0.25) is 14.2 Å². The number of carbonyl (C=O) groups is 1. The molecule has 2 N–H and O–H groups in total. The molecular formula is C29H26ClF4N5O9S2. The van der Waals surface area contributed by atoms with Crippen molar-refractivity contribution in [1.82, 2.24) is 14.8 Å². The molecule has 1 unspecified atom stereocenters. The van der Waals surface area contributed by atoms with E-state index in [9.17, 15) is 41.6 Å². The molecule has 5 rings (SSSR count). The van der Waals surface area contributed by atoms with Gasteiger partial charge in [-0.15, -0.1) is 24.5 Å². The molecule has 0 aliphatic carbocycles. The van der Waals surface area contributed by atoms with Gasteiger partial charge in [-0.3, -0.25) is 5.32 Å². The molecule has 0 bridgehead atoms. The van der Waals surface area contributed by atoms with Crippen LogP contribution in [0.25, 0.3) is 11.1 Å². The topological polar surface area (TPSA) is 185 Å². The number of ether oxygens (including phenoxy) is 3. The Bertz CT molecular complexity index is 2080. The maximum Gasteiger partial charge on any atom is 0.573 e. The molecule has 1 amide bonds. The van der Waals surface area contributed by atoms with Crippen LogP contribution in [0.2, 0.25) is 5.02 Å². The fourth-order valence-electron chi connectivity index (χ4n) is 4.91. The van der Waals surface area contributed by atoms with E-state index in [0.717, 1.165) is 31.0 Å². The lowest BCUT2D eigenvalue weighted by Gasteiger charge is -2.20. The summed E-state index contributed by atoms with van der Waals surface area (Å²) in [5.74, 6) is -4.04. The number of alkyl halides is 3. The molecule has 3 heterocycles. The van der Waals surface area contributed by atoms with Crippen LogP contribution >= 0.6 is 22.9 Å². The maximum atomic E-state index is 15.6. The first-order valence-corrected chi connectivity index (χ1v) is 17.1. The summed E-state index contributed by atoms with van der Waals surface area (Å²) in [5, 5.41) is 26.7. The van der Waals surface area contributed by atoms with E-state index in [2.05, 4.69) is 14.8 Å². The van der Waals surface area contributed by atoms with Gasteiger partial charge in [0.25, 0.3) is 0 Å². The molecule has 1 aliphatic heterocycles. The largest absolute Gasteiger partial charge is 0.573 e. The van der Waals surface area contributed by atoms with Crippen LogP contribution in [0.15, 0.2) is 45.8 Å². The Kier molecular flexibility index (Phi) is 10.0. The molecular weight excluding hydrogens is 738 g/mol. The highest BCUT2D eigenvalue weighted by Gasteiger charge is 2.35. The van der Waals surface area contributed by atoms with Crippen molar-refractivity contribution in [3.63, 3.8) is 0 Å². The lowest BCUT2D eigenvalue weighted by atomic mass is 9.95. The third kappa shape index (κ3) is 7.92. The van der Waals surface area contributed by atoms with E-state index < -0.39 is 76.3 Å². The highest BCUT2D eigenvalue weighted by molar-refractivity contribution is 7.93. The third-order valence-corrected chi connectivity index (χ3v) is 11.0. The first kappa shape index (κ1) is 36.7. The monoisotopic (exact) mass is 763 g/mol. The summed E-state index contributed by atoms with van der Waals surface area (Å²) in [7, 11) is -4.74. The lowest BCUT2D eigenvalue weighted by molar-refractivity contribution is -0.389. The van der Waals surface area contributed by atoms with E-state index in [4.69, 9.17) is 21.1 Å². The van der Waals surface area contributed by atoms with Crippen molar-refractivity contribution in [2.75, 3.05) is 11.9 Å². The van der Waals surface area contributed by atoms with Gasteiger partial charge in [0, 0.05) is 23.7 Å². The molecule has 1 fully saturated rings. The van der Waals surface area contributed by atoms with Crippen molar-refractivity contribution in [3.05, 3.63) is 62.4 Å². The SMILES string of the molecule is CC(C)(C)c1sc(S(=O)(=O)c2cc(Cl)c(Oc3ccc(OC(F)(F)F)cc3-c3cn(C4CCCCO4)nc3[N+](=O)[O-])cc2F)nc1NC(=O)O. The zero-order valence-corrected chi connectivity index (χ0v) is 28.5. The molecule has 1 atom stereocenters. The summed E-state index contributed by atoms with van der Waals surface area (Å²) in [5.41, 5.74) is -1.39. The van der Waals surface area contributed by atoms with E-state index in [0.29, 0.717) is 36.5 Å². The number of nitrogens with one attached hydrogen (secondary N) is 1. The number of thiazole rings is 1. The summed E-state index contributed by atoms with van der Waals surface area (Å²) >= 11 is 6.97. The van der Waals surface area contributed by atoms with E-state index in [1.54, 1.807) is 20.8 Å². The Labute approximate surface area is 289 Å². The zero-order valence-electron chi connectivity index (χ0n) is 26.1. The number of hydrogen-bond donors (Lipinski definition) is 2. The summed E-state index contributed by atoms with van der Waals surface area (Å²) in [6.07, 6.45) is -4.19. The minimum Gasteiger partial charge on any atom is -0.465 e. The maximum absolute atomic E-state index is 15.6. The number of nitrogens with zero attached hydrogens (tertiary/aromatic N) is 4. The first-order chi connectivity index (χ1) is 23.2. The van der Waals surface area contributed by atoms with Crippen molar-refractivity contribution >= 4 is 50.5 Å². The van der Waals surface area contributed by atoms with Gasteiger partial charge in [-0.25, -0.2) is 22.6 Å². The minimum absolute atomic E-state index is 0.252. The van der Waals surface area contributed by atoms with Gasteiger partial charge in [0.05, 0.1) is 21.2 Å². The Hall–Kier alpha value is -4.53. The number of aromatic nitrogens is 3. The molecule has 0 spiro atoms. The quantitative estimate of drug-likeness (QED) is 0.0949. The lowest BCUT2D eigenvalue weighted by Crippen LogP contribution is -2.18.